The minimum atomic E-state index is -0.135. The summed E-state index contributed by atoms with van der Waals surface area (Å²) in [6, 6.07) is 5.63. The van der Waals surface area contributed by atoms with E-state index in [-0.39, 0.29) is 11.9 Å². The van der Waals surface area contributed by atoms with Crippen molar-refractivity contribution in [1.82, 2.24) is 4.90 Å². The van der Waals surface area contributed by atoms with Crippen LogP contribution in [0.3, 0.4) is 0 Å². The minimum Gasteiger partial charge on any atom is -0.329 e. The average molecular weight is 292 g/mol. The normalized spacial score (nSPS) is 20.4. The summed E-state index contributed by atoms with van der Waals surface area (Å²) in [5.41, 5.74) is 8.40. The van der Waals surface area contributed by atoms with E-state index in [2.05, 4.69) is 18.7 Å². The molecule has 0 saturated carbocycles. The summed E-state index contributed by atoms with van der Waals surface area (Å²) in [5.74, 6) is -0.135. The van der Waals surface area contributed by atoms with Gasteiger partial charge in [-0.05, 0) is 55.5 Å². The summed E-state index contributed by atoms with van der Waals surface area (Å²) in [5, 5.41) is 0. The van der Waals surface area contributed by atoms with Gasteiger partial charge in [-0.15, -0.1) is 0 Å². The molecule has 1 atom stereocenters. The van der Waals surface area contributed by atoms with Gasteiger partial charge < -0.3 is 5.73 Å². The smallest absolute Gasteiger partial charge is 0.126 e. The molecular weight excluding hydrogens is 263 g/mol. The Hall–Kier alpha value is -0.930. The van der Waals surface area contributed by atoms with E-state index >= 15 is 0 Å². The summed E-state index contributed by atoms with van der Waals surface area (Å²) in [6.07, 6.45) is 5.02. The molecule has 0 aromatic heterocycles. The Balaban J connectivity index is 2.11. The fourth-order valence-electron chi connectivity index (χ4n) is 3.64. The summed E-state index contributed by atoms with van der Waals surface area (Å²) in [4.78, 5) is 2.48. The molecule has 1 aliphatic rings. The molecule has 0 amide bonds. The summed E-state index contributed by atoms with van der Waals surface area (Å²) >= 11 is 0. The van der Waals surface area contributed by atoms with E-state index in [0.29, 0.717) is 17.5 Å². The van der Waals surface area contributed by atoms with Gasteiger partial charge in [0.05, 0.1) is 0 Å². The molecule has 21 heavy (non-hydrogen) atoms. The zero-order valence-corrected chi connectivity index (χ0v) is 13.7. The summed E-state index contributed by atoms with van der Waals surface area (Å²) in [7, 11) is 0. The molecule has 1 heterocycles. The van der Waals surface area contributed by atoms with Crippen LogP contribution in [0.15, 0.2) is 18.2 Å². The number of likely N-dealkylation sites (tertiary alicyclic amines) is 1. The maximum atomic E-state index is 13.5. The predicted octanol–water partition coefficient (Wildman–Crippen LogP) is 4.04. The molecule has 1 saturated heterocycles. The number of hydrogen-bond acceptors (Lipinski definition) is 2. The van der Waals surface area contributed by atoms with Crippen molar-refractivity contribution in [2.45, 2.75) is 52.5 Å². The number of benzene rings is 1. The van der Waals surface area contributed by atoms with Gasteiger partial charge in [0.25, 0.3) is 0 Å². The average Bonchev–Trinajstić information content (AvgIpc) is 2.52. The fourth-order valence-corrected chi connectivity index (χ4v) is 3.64. The number of nitrogens with zero attached hydrogens (tertiary/aromatic N) is 1. The van der Waals surface area contributed by atoms with Gasteiger partial charge in [0.1, 0.15) is 5.82 Å². The second-order valence-electron chi connectivity index (χ2n) is 6.50. The van der Waals surface area contributed by atoms with E-state index in [4.69, 9.17) is 5.73 Å². The molecule has 1 aromatic carbocycles. The Morgan fingerprint density at radius 1 is 1.24 bits per heavy atom. The summed E-state index contributed by atoms with van der Waals surface area (Å²) < 4.78 is 13.5. The second-order valence-corrected chi connectivity index (χ2v) is 6.50. The van der Waals surface area contributed by atoms with Crippen LogP contribution in [-0.4, -0.2) is 24.5 Å². The fraction of sp³-hybridized carbons (Fsp3) is 0.667. The predicted molar refractivity (Wildman–Crippen MR) is 86.8 cm³/mol. The first-order valence-corrected chi connectivity index (χ1v) is 8.25. The van der Waals surface area contributed by atoms with Gasteiger partial charge in [0.15, 0.2) is 0 Å². The Labute approximate surface area is 128 Å². The van der Waals surface area contributed by atoms with Crippen LogP contribution < -0.4 is 5.73 Å². The monoisotopic (exact) mass is 292 g/mol. The minimum absolute atomic E-state index is 0.135. The number of rotatable bonds is 5. The third-order valence-electron chi connectivity index (χ3n) is 5.59. The van der Waals surface area contributed by atoms with Crippen LogP contribution in [0, 0.1) is 18.2 Å². The van der Waals surface area contributed by atoms with Crippen molar-refractivity contribution in [2.75, 3.05) is 19.6 Å². The van der Waals surface area contributed by atoms with Crippen molar-refractivity contribution in [1.29, 1.82) is 0 Å². The second kappa shape index (κ2) is 6.89. The summed E-state index contributed by atoms with van der Waals surface area (Å²) in [6.45, 7) is 9.23. The van der Waals surface area contributed by atoms with Crippen molar-refractivity contribution in [3.05, 3.63) is 35.1 Å². The van der Waals surface area contributed by atoms with Crippen molar-refractivity contribution >= 4 is 0 Å². The first-order valence-electron chi connectivity index (χ1n) is 8.25. The molecule has 0 aliphatic carbocycles. The van der Waals surface area contributed by atoms with Gasteiger partial charge in [0, 0.05) is 12.6 Å². The molecular formula is C18H29FN2. The highest BCUT2D eigenvalue weighted by Crippen LogP contribution is 2.40. The topological polar surface area (TPSA) is 29.3 Å². The number of hydrogen-bond donors (Lipinski definition) is 1. The van der Waals surface area contributed by atoms with Gasteiger partial charge in [-0.3, -0.25) is 4.90 Å². The molecule has 1 aliphatic heterocycles. The van der Waals surface area contributed by atoms with Crippen LogP contribution in [0.1, 0.15) is 56.7 Å². The number of aryl methyl sites for hydroxylation is 1. The van der Waals surface area contributed by atoms with E-state index in [1.807, 2.05) is 19.1 Å². The van der Waals surface area contributed by atoms with Crippen molar-refractivity contribution in [3.8, 4) is 0 Å². The number of piperidine rings is 1. The van der Waals surface area contributed by atoms with E-state index in [0.717, 1.165) is 18.7 Å². The molecule has 118 valence electrons. The molecule has 1 aromatic rings. The van der Waals surface area contributed by atoms with Crippen LogP contribution >= 0.6 is 0 Å². The Morgan fingerprint density at radius 2 is 1.86 bits per heavy atom. The van der Waals surface area contributed by atoms with Crippen LogP contribution in [0.5, 0.6) is 0 Å². The highest BCUT2D eigenvalue weighted by Gasteiger charge is 2.33. The highest BCUT2D eigenvalue weighted by molar-refractivity contribution is 5.27. The molecule has 1 unspecified atom stereocenters. The van der Waals surface area contributed by atoms with E-state index in [1.54, 1.807) is 6.07 Å². The zero-order valence-electron chi connectivity index (χ0n) is 13.7. The van der Waals surface area contributed by atoms with E-state index < -0.39 is 0 Å². The van der Waals surface area contributed by atoms with Crippen LogP contribution in [0.25, 0.3) is 0 Å². The number of nitrogens with two attached hydrogens (primary N) is 1. The SMILES string of the molecule is CCC1(CC)CCN(C(CN)c2ccc(F)c(C)c2)CC1. The lowest BCUT2D eigenvalue weighted by Gasteiger charge is -2.44. The quantitative estimate of drug-likeness (QED) is 0.887. The first kappa shape index (κ1) is 16.4. The third kappa shape index (κ3) is 3.46. The van der Waals surface area contributed by atoms with Gasteiger partial charge >= 0.3 is 0 Å². The Morgan fingerprint density at radius 3 is 2.33 bits per heavy atom. The molecule has 2 nitrogen and oxygen atoms in total. The van der Waals surface area contributed by atoms with Crippen molar-refractivity contribution < 1.29 is 4.39 Å². The molecule has 3 heteroatoms. The molecule has 0 radical (unpaired) electrons. The van der Waals surface area contributed by atoms with Crippen molar-refractivity contribution in [3.63, 3.8) is 0 Å². The van der Waals surface area contributed by atoms with Crippen LogP contribution in [0.2, 0.25) is 0 Å². The molecule has 0 spiro atoms. The van der Waals surface area contributed by atoms with Gasteiger partial charge in [-0.1, -0.05) is 38.8 Å². The molecule has 1 fully saturated rings. The van der Waals surface area contributed by atoms with Crippen LogP contribution in [-0.2, 0) is 0 Å². The van der Waals surface area contributed by atoms with Crippen molar-refractivity contribution in [2.24, 2.45) is 11.1 Å². The number of halogens is 1. The molecule has 0 bridgehead atoms. The lowest BCUT2D eigenvalue weighted by molar-refractivity contribution is 0.0679. The zero-order chi connectivity index (χ0) is 15.5. The van der Waals surface area contributed by atoms with Gasteiger partial charge in [-0.25, -0.2) is 4.39 Å². The Kier molecular flexibility index (Phi) is 5.39. The van der Waals surface area contributed by atoms with E-state index in [1.165, 1.54) is 25.7 Å². The lowest BCUT2D eigenvalue weighted by atomic mass is 9.74. The molecule has 2 N–H and O–H groups in total. The van der Waals surface area contributed by atoms with E-state index in [9.17, 15) is 4.39 Å². The standard InChI is InChI=1S/C18H29FN2/c1-4-18(5-2)8-10-21(11-9-18)17(13-20)15-6-7-16(19)14(3)12-15/h6-7,12,17H,4-5,8-11,13,20H2,1-3H3. The van der Waals surface area contributed by atoms with Crippen LogP contribution in [0.4, 0.5) is 4.39 Å². The van der Waals surface area contributed by atoms with Gasteiger partial charge in [0.2, 0.25) is 0 Å². The van der Waals surface area contributed by atoms with Gasteiger partial charge in [-0.2, -0.15) is 0 Å². The maximum absolute atomic E-state index is 13.5. The lowest BCUT2D eigenvalue weighted by Crippen LogP contribution is -2.43. The molecule has 2 rings (SSSR count). The largest absolute Gasteiger partial charge is 0.329 e. The third-order valence-corrected chi connectivity index (χ3v) is 5.59. The highest BCUT2D eigenvalue weighted by atomic mass is 19.1. The maximum Gasteiger partial charge on any atom is 0.126 e. The first-order chi connectivity index (χ1) is 10.0. The Bertz CT molecular complexity index is 458.